The molecule has 2 aromatic carbocycles. The molecule has 0 radical (unpaired) electrons. The molecule has 2 atom stereocenters. The Kier molecular flexibility index (Phi) is 4.71. The molecule has 0 aromatic heterocycles. The lowest BCUT2D eigenvalue weighted by Gasteiger charge is -2.14. The smallest absolute Gasteiger partial charge is 0.220 e. The number of nitrogens with one attached hydrogen (secondary N) is 2. The van der Waals surface area contributed by atoms with Crippen molar-refractivity contribution in [3.63, 3.8) is 0 Å². The van der Waals surface area contributed by atoms with E-state index in [0.29, 0.717) is 19.5 Å². The SMILES string of the molecule is O=C(CCc1ccc2ccccc2c1)NCC1CNCC1O. The monoisotopic (exact) mass is 298 g/mol. The van der Waals surface area contributed by atoms with Crippen LogP contribution in [-0.2, 0) is 11.2 Å². The highest BCUT2D eigenvalue weighted by molar-refractivity contribution is 5.83. The van der Waals surface area contributed by atoms with E-state index in [0.717, 1.165) is 13.0 Å². The number of β-amino-alcohol motifs (C(OH)–C–C–N with tert-alkyl or cyclic N) is 1. The van der Waals surface area contributed by atoms with Crippen molar-refractivity contribution in [3.05, 3.63) is 48.0 Å². The van der Waals surface area contributed by atoms with Crippen LogP contribution in [0.15, 0.2) is 42.5 Å². The zero-order chi connectivity index (χ0) is 15.4. The molecule has 0 saturated carbocycles. The van der Waals surface area contributed by atoms with Crippen molar-refractivity contribution >= 4 is 16.7 Å². The lowest BCUT2D eigenvalue weighted by atomic mass is 10.0. The van der Waals surface area contributed by atoms with Crippen molar-refractivity contribution in [3.8, 4) is 0 Å². The average Bonchev–Trinajstić information content (AvgIpc) is 2.96. The zero-order valence-corrected chi connectivity index (χ0v) is 12.6. The van der Waals surface area contributed by atoms with Gasteiger partial charge in [-0.3, -0.25) is 4.79 Å². The highest BCUT2D eigenvalue weighted by atomic mass is 16.3. The summed E-state index contributed by atoms with van der Waals surface area (Å²) < 4.78 is 0. The van der Waals surface area contributed by atoms with Crippen LogP contribution in [0.2, 0.25) is 0 Å². The van der Waals surface area contributed by atoms with Gasteiger partial charge in [0.25, 0.3) is 0 Å². The maximum absolute atomic E-state index is 11.9. The van der Waals surface area contributed by atoms with Gasteiger partial charge in [0.1, 0.15) is 0 Å². The number of benzene rings is 2. The minimum Gasteiger partial charge on any atom is -0.391 e. The third-order valence-electron chi connectivity index (χ3n) is 4.32. The lowest BCUT2D eigenvalue weighted by molar-refractivity contribution is -0.121. The fraction of sp³-hybridized carbons (Fsp3) is 0.389. The van der Waals surface area contributed by atoms with Gasteiger partial charge in [0.05, 0.1) is 6.10 Å². The predicted molar refractivity (Wildman–Crippen MR) is 87.6 cm³/mol. The van der Waals surface area contributed by atoms with Gasteiger partial charge >= 0.3 is 0 Å². The zero-order valence-electron chi connectivity index (χ0n) is 12.6. The fourth-order valence-electron chi connectivity index (χ4n) is 2.91. The summed E-state index contributed by atoms with van der Waals surface area (Å²) in [6, 6.07) is 14.6. The predicted octanol–water partition coefficient (Wildman–Crippen LogP) is 1.47. The van der Waals surface area contributed by atoms with Crippen LogP contribution >= 0.6 is 0 Å². The molecule has 116 valence electrons. The standard InChI is InChI=1S/C18H22N2O2/c21-17-12-19-10-16(17)11-20-18(22)8-6-13-5-7-14-3-1-2-4-15(14)9-13/h1-5,7,9,16-17,19,21H,6,8,10-12H2,(H,20,22). The Labute approximate surface area is 130 Å². The molecule has 22 heavy (non-hydrogen) atoms. The van der Waals surface area contributed by atoms with Crippen molar-refractivity contribution in [1.29, 1.82) is 0 Å². The van der Waals surface area contributed by atoms with Crippen molar-refractivity contribution in [2.45, 2.75) is 18.9 Å². The number of aryl methyl sites for hydroxylation is 1. The second-order valence-corrected chi connectivity index (χ2v) is 5.97. The Balaban J connectivity index is 1.49. The van der Waals surface area contributed by atoms with E-state index in [9.17, 15) is 9.90 Å². The van der Waals surface area contributed by atoms with Crippen molar-refractivity contribution in [2.75, 3.05) is 19.6 Å². The van der Waals surface area contributed by atoms with Crippen molar-refractivity contribution in [1.82, 2.24) is 10.6 Å². The van der Waals surface area contributed by atoms with Gasteiger partial charge in [0.15, 0.2) is 0 Å². The summed E-state index contributed by atoms with van der Waals surface area (Å²) in [7, 11) is 0. The minimum absolute atomic E-state index is 0.0484. The number of hydrogen-bond donors (Lipinski definition) is 3. The molecule has 1 heterocycles. The first-order chi connectivity index (χ1) is 10.7. The summed E-state index contributed by atoms with van der Waals surface area (Å²) in [6.45, 7) is 1.94. The molecule has 4 heteroatoms. The van der Waals surface area contributed by atoms with E-state index in [1.54, 1.807) is 0 Å². The third kappa shape index (κ3) is 3.64. The quantitative estimate of drug-likeness (QED) is 0.783. The van der Waals surface area contributed by atoms with Crippen LogP contribution in [0.3, 0.4) is 0 Å². The van der Waals surface area contributed by atoms with Crippen LogP contribution in [-0.4, -0.2) is 36.8 Å². The van der Waals surface area contributed by atoms with Crippen LogP contribution in [0, 0.1) is 5.92 Å². The molecule has 4 nitrogen and oxygen atoms in total. The van der Waals surface area contributed by atoms with Gasteiger partial charge in [-0.15, -0.1) is 0 Å². The van der Waals surface area contributed by atoms with Gasteiger partial charge in [-0.05, 0) is 22.8 Å². The molecule has 1 aliphatic rings. The average molecular weight is 298 g/mol. The number of carbonyl (C=O) groups is 1. The Hall–Kier alpha value is -1.91. The maximum atomic E-state index is 11.9. The van der Waals surface area contributed by atoms with E-state index < -0.39 is 0 Å². The van der Waals surface area contributed by atoms with E-state index in [1.165, 1.54) is 16.3 Å². The first-order valence-electron chi connectivity index (χ1n) is 7.85. The molecular formula is C18H22N2O2. The van der Waals surface area contributed by atoms with E-state index in [2.05, 4.69) is 41.0 Å². The van der Waals surface area contributed by atoms with Crippen LogP contribution in [0.5, 0.6) is 0 Å². The molecule has 3 N–H and O–H groups in total. The molecule has 0 aliphatic carbocycles. The molecular weight excluding hydrogens is 276 g/mol. The number of carbonyl (C=O) groups excluding carboxylic acids is 1. The Bertz CT molecular complexity index is 656. The van der Waals surface area contributed by atoms with Gasteiger partial charge in [0, 0.05) is 32.0 Å². The summed E-state index contributed by atoms with van der Waals surface area (Å²) in [4.78, 5) is 11.9. The number of rotatable bonds is 5. The molecule has 0 spiro atoms. The number of aliphatic hydroxyl groups is 1. The number of amides is 1. The first kappa shape index (κ1) is 15.0. The van der Waals surface area contributed by atoms with Gasteiger partial charge in [-0.2, -0.15) is 0 Å². The Morgan fingerprint density at radius 3 is 2.77 bits per heavy atom. The van der Waals surface area contributed by atoms with Gasteiger partial charge in [-0.25, -0.2) is 0 Å². The highest BCUT2D eigenvalue weighted by Gasteiger charge is 2.24. The van der Waals surface area contributed by atoms with Crippen LogP contribution in [0.1, 0.15) is 12.0 Å². The van der Waals surface area contributed by atoms with E-state index in [1.807, 2.05) is 12.1 Å². The number of fused-ring (bicyclic) bond motifs is 1. The molecule has 2 unspecified atom stereocenters. The van der Waals surface area contributed by atoms with Crippen molar-refractivity contribution in [2.24, 2.45) is 5.92 Å². The van der Waals surface area contributed by atoms with Gasteiger partial charge in [-0.1, -0.05) is 42.5 Å². The van der Waals surface area contributed by atoms with Gasteiger partial charge < -0.3 is 15.7 Å². The molecule has 1 saturated heterocycles. The topological polar surface area (TPSA) is 61.4 Å². The van der Waals surface area contributed by atoms with E-state index in [4.69, 9.17) is 0 Å². The molecule has 1 fully saturated rings. The maximum Gasteiger partial charge on any atom is 0.220 e. The second-order valence-electron chi connectivity index (χ2n) is 5.97. The first-order valence-corrected chi connectivity index (χ1v) is 7.85. The molecule has 0 bridgehead atoms. The van der Waals surface area contributed by atoms with Crippen molar-refractivity contribution < 1.29 is 9.90 Å². The number of aliphatic hydroxyl groups excluding tert-OH is 1. The fourth-order valence-corrected chi connectivity index (χ4v) is 2.91. The normalized spacial score (nSPS) is 21.1. The molecule has 1 aliphatic heterocycles. The summed E-state index contributed by atoms with van der Waals surface area (Å²) in [5.41, 5.74) is 1.18. The van der Waals surface area contributed by atoms with Crippen LogP contribution < -0.4 is 10.6 Å². The van der Waals surface area contributed by atoms with E-state index in [-0.39, 0.29) is 17.9 Å². The van der Waals surface area contributed by atoms with Crippen LogP contribution in [0.25, 0.3) is 10.8 Å². The molecule has 2 aromatic rings. The number of hydrogen-bond acceptors (Lipinski definition) is 3. The Morgan fingerprint density at radius 2 is 2.00 bits per heavy atom. The summed E-state index contributed by atoms with van der Waals surface area (Å²) in [5.74, 6) is 0.178. The minimum atomic E-state index is -0.346. The molecule has 3 rings (SSSR count). The van der Waals surface area contributed by atoms with E-state index >= 15 is 0 Å². The molecule has 1 amide bonds. The largest absolute Gasteiger partial charge is 0.391 e. The summed E-state index contributed by atoms with van der Waals surface area (Å²) >= 11 is 0. The summed E-state index contributed by atoms with van der Waals surface area (Å²) in [6.07, 6.45) is 0.872. The summed E-state index contributed by atoms with van der Waals surface area (Å²) in [5, 5.41) is 18.2. The Morgan fingerprint density at radius 1 is 1.18 bits per heavy atom. The second kappa shape index (κ2) is 6.90. The highest BCUT2D eigenvalue weighted by Crippen LogP contribution is 2.16. The lowest BCUT2D eigenvalue weighted by Crippen LogP contribution is -2.34. The third-order valence-corrected chi connectivity index (χ3v) is 4.32. The van der Waals surface area contributed by atoms with Gasteiger partial charge in [0.2, 0.25) is 5.91 Å². The van der Waals surface area contributed by atoms with Crippen LogP contribution in [0.4, 0.5) is 0 Å².